The summed E-state index contributed by atoms with van der Waals surface area (Å²) in [5.41, 5.74) is -0.597. The van der Waals surface area contributed by atoms with Crippen LogP contribution in [0.2, 0.25) is 0 Å². The molecule has 0 bridgehead atoms. The molecule has 2 aromatic rings. The normalized spacial score (nSPS) is 10.3. The Morgan fingerprint density at radius 1 is 1.08 bits per heavy atom. The van der Waals surface area contributed by atoms with E-state index in [0.717, 1.165) is 0 Å². The predicted octanol–water partition coefficient (Wildman–Crippen LogP) is 0.0166. The van der Waals surface area contributed by atoms with E-state index in [1.807, 2.05) is 0 Å². The number of rotatable bonds is 0. The van der Waals surface area contributed by atoms with Gasteiger partial charge in [-0.25, -0.2) is 0 Å². The van der Waals surface area contributed by atoms with Crippen LogP contribution in [0.3, 0.4) is 0 Å². The molecule has 0 aliphatic heterocycles. The van der Waals surface area contributed by atoms with Gasteiger partial charge in [-0.1, -0.05) is 6.07 Å². The summed E-state index contributed by atoms with van der Waals surface area (Å²) in [6, 6.07) is 7.37. The Bertz CT molecular complexity index is 476. The molecule has 0 spiro atoms. The van der Waals surface area contributed by atoms with Gasteiger partial charge in [0.05, 0.1) is 10.8 Å². The molecule has 4 nitrogen and oxygen atoms in total. The van der Waals surface area contributed by atoms with Crippen LogP contribution < -0.4 is 11.1 Å². The average molecular weight is 161 g/mol. The maximum absolute atomic E-state index is 11.1. The highest BCUT2D eigenvalue weighted by molar-refractivity contribution is 5.79. The molecule has 0 fully saturated rings. The summed E-state index contributed by atoms with van der Waals surface area (Å²) >= 11 is 0. The summed E-state index contributed by atoms with van der Waals surface area (Å²) in [5, 5.41) is 5.21. The second-order valence-corrected chi connectivity index (χ2v) is 2.38. The van der Waals surface area contributed by atoms with Gasteiger partial charge in [-0.3, -0.25) is 19.8 Å². The zero-order chi connectivity index (χ0) is 8.55. The van der Waals surface area contributed by atoms with Crippen LogP contribution in [0.1, 0.15) is 0 Å². The van der Waals surface area contributed by atoms with E-state index in [0.29, 0.717) is 10.8 Å². The minimum absolute atomic E-state index is 0.293. The lowest BCUT2D eigenvalue weighted by Crippen LogP contribution is -2.18. The summed E-state index contributed by atoms with van der Waals surface area (Å²) in [6.45, 7) is 0. The van der Waals surface area contributed by atoms with E-state index in [2.05, 4.69) is 16.3 Å². The van der Waals surface area contributed by atoms with E-state index in [1.165, 1.54) is 6.07 Å². The van der Waals surface area contributed by atoms with Crippen molar-refractivity contribution in [1.29, 1.82) is 0 Å². The number of H-pyrrole nitrogens is 2. The van der Waals surface area contributed by atoms with Gasteiger partial charge in [0.2, 0.25) is 0 Å². The first-order valence-electron chi connectivity index (χ1n) is 3.40. The Balaban J connectivity index is 3.16. The third-order valence-corrected chi connectivity index (χ3v) is 1.64. The Kier molecular flexibility index (Phi) is 1.33. The number of hydrogen-bond donors (Lipinski definition) is 2. The molecule has 0 saturated carbocycles. The van der Waals surface area contributed by atoms with E-state index >= 15 is 0 Å². The Labute approximate surface area is 66.8 Å². The van der Waals surface area contributed by atoms with Crippen molar-refractivity contribution in [2.75, 3.05) is 0 Å². The van der Waals surface area contributed by atoms with E-state index in [-0.39, 0.29) is 11.1 Å². The van der Waals surface area contributed by atoms with E-state index in [1.54, 1.807) is 12.1 Å². The number of aromatic amines is 2. The van der Waals surface area contributed by atoms with Gasteiger partial charge in [0, 0.05) is 0 Å². The largest absolute Gasteiger partial charge is 0.270 e. The van der Waals surface area contributed by atoms with Crippen molar-refractivity contribution < 1.29 is 0 Å². The Morgan fingerprint density at radius 3 is 2.42 bits per heavy atom. The van der Waals surface area contributed by atoms with Crippen LogP contribution in [0, 0.1) is 6.07 Å². The smallest absolute Gasteiger partial charge is 0.267 e. The summed E-state index contributed by atoms with van der Waals surface area (Å²) in [6.07, 6.45) is 0. The molecule has 0 amide bonds. The average Bonchev–Trinajstić information content (AvgIpc) is 2.12. The molecule has 0 aliphatic carbocycles. The number of nitrogens with one attached hydrogen (secondary N) is 2. The fourth-order valence-corrected chi connectivity index (χ4v) is 1.06. The molecule has 59 valence electrons. The van der Waals surface area contributed by atoms with E-state index in [4.69, 9.17) is 0 Å². The molecule has 1 aromatic heterocycles. The Hall–Kier alpha value is -1.84. The van der Waals surface area contributed by atoms with Crippen LogP contribution in [-0.2, 0) is 0 Å². The van der Waals surface area contributed by atoms with Crippen molar-refractivity contribution in [2.45, 2.75) is 0 Å². The molecule has 0 saturated heterocycles. The molecule has 4 heteroatoms. The topological polar surface area (TPSA) is 65.7 Å². The zero-order valence-electron chi connectivity index (χ0n) is 6.05. The van der Waals surface area contributed by atoms with Crippen molar-refractivity contribution in [3.63, 3.8) is 0 Å². The fourth-order valence-electron chi connectivity index (χ4n) is 1.06. The first-order valence-corrected chi connectivity index (χ1v) is 3.40. The fraction of sp³-hybridized carbons (Fsp3) is 0. The summed E-state index contributed by atoms with van der Waals surface area (Å²) in [7, 11) is 0. The monoisotopic (exact) mass is 161 g/mol. The second kappa shape index (κ2) is 2.34. The third-order valence-electron chi connectivity index (χ3n) is 1.64. The molecule has 1 heterocycles. The lowest BCUT2D eigenvalue weighted by molar-refractivity contribution is 0.976. The van der Waals surface area contributed by atoms with Crippen LogP contribution >= 0.6 is 0 Å². The summed E-state index contributed by atoms with van der Waals surface area (Å²) in [4.78, 5) is 22.2. The minimum Gasteiger partial charge on any atom is -0.267 e. The van der Waals surface area contributed by atoms with Gasteiger partial charge in [0.1, 0.15) is 0 Å². The highest BCUT2D eigenvalue weighted by Crippen LogP contribution is 1.99. The van der Waals surface area contributed by atoms with Crippen LogP contribution in [0.5, 0.6) is 0 Å². The number of benzene rings is 1. The van der Waals surface area contributed by atoms with E-state index in [9.17, 15) is 9.59 Å². The first kappa shape index (κ1) is 6.84. The lowest BCUT2D eigenvalue weighted by Gasteiger charge is -1.91. The van der Waals surface area contributed by atoms with Gasteiger partial charge in [0.25, 0.3) is 11.1 Å². The van der Waals surface area contributed by atoms with Gasteiger partial charge in [0.15, 0.2) is 0 Å². The van der Waals surface area contributed by atoms with Crippen LogP contribution in [0.25, 0.3) is 10.8 Å². The second-order valence-electron chi connectivity index (χ2n) is 2.38. The maximum Gasteiger partial charge on any atom is 0.270 e. The highest BCUT2D eigenvalue weighted by Gasteiger charge is 1.99. The van der Waals surface area contributed by atoms with Crippen LogP contribution in [0.4, 0.5) is 0 Å². The van der Waals surface area contributed by atoms with Crippen LogP contribution in [-0.4, -0.2) is 10.2 Å². The van der Waals surface area contributed by atoms with Gasteiger partial charge >= 0.3 is 0 Å². The molecule has 12 heavy (non-hydrogen) atoms. The molecule has 0 unspecified atom stereocenters. The van der Waals surface area contributed by atoms with Crippen molar-refractivity contribution >= 4 is 10.8 Å². The standard InChI is InChI=1S/C8H5N2O2/c11-7-5-3-1-2-4-6(5)8(12)10-9-7/h1,3-4H,(H,9,11)(H,10,12). The molecule has 1 aromatic carbocycles. The van der Waals surface area contributed by atoms with Crippen LogP contribution in [0.15, 0.2) is 27.8 Å². The predicted molar refractivity (Wildman–Crippen MR) is 44.0 cm³/mol. The van der Waals surface area contributed by atoms with Crippen molar-refractivity contribution in [1.82, 2.24) is 10.2 Å². The minimum atomic E-state index is -0.304. The Morgan fingerprint density at radius 2 is 1.75 bits per heavy atom. The van der Waals surface area contributed by atoms with Gasteiger partial charge in [-0.15, -0.1) is 0 Å². The molecule has 2 rings (SSSR count). The molecular formula is C8H5N2O2. The number of hydrogen-bond acceptors (Lipinski definition) is 2. The number of aromatic nitrogens is 2. The van der Waals surface area contributed by atoms with Crippen molar-refractivity contribution in [2.24, 2.45) is 0 Å². The quantitative estimate of drug-likeness (QED) is 0.571. The molecule has 2 N–H and O–H groups in total. The van der Waals surface area contributed by atoms with Crippen molar-refractivity contribution in [3.05, 3.63) is 45.0 Å². The van der Waals surface area contributed by atoms with E-state index < -0.39 is 0 Å². The number of fused-ring (bicyclic) bond motifs is 1. The molecule has 0 atom stereocenters. The van der Waals surface area contributed by atoms with Gasteiger partial charge in [-0.05, 0) is 18.2 Å². The third kappa shape index (κ3) is 0.852. The molecular weight excluding hydrogens is 156 g/mol. The highest BCUT2D eigenvalue weighted by atomic mass is 16.1. The first-order chi connectivity index (χ1) is 5.79. The lowest BCUT2D eigenvalue weighted by atomic mass is 10.2. The zero-order valence-corrected chi connectivity index (χ0v) is 6.05. The van der Waals surface area contributed by atoms with Gasteiger partial charge in [-0.2, -0.15) is 0 Å². The molecule has 1 radical (unpaired) electrons. The SMILES string of the molecule is O=c1[nH][nH]c(=O)c2cc[c]cc12. The summed E-state index contributed by atoms with van der Waals surface area (Å²) in [5.74, 6) is 0. The van der Waals surface area contributed by atoms with Gasteiger partial charge < -0.3 is 0 Å². The summed E-state index contributed by atoms with van der Waals surface area (Å²) < 4.78 is 0. The van der Waals surface area contributed by atoms with Crippen molar-refractivity contribution in [3.8, 4) is 0 Å². The maximum atomic E-state index is 11.1. The molecule has 0 aliphatic rings.